The molecule has 1 amide bonds. The van der Waals surface area contributed by atoms with Crippen LogP contribution >= 0.6 is 23.1 Å². The van der Waals surface area contributed by atoms with Crippen LogP contribution in [0.2, 0.25) is 0 Å². The molecule has 1 atom stereocenters. The van der Waals surface area contributed by atoms with Crippen LogP contribution in [0.5, 0.6) is 11.5 Å². The average molecular weight is 399 g/mol. The summed E-state index contributed by atoms with van der Waals surface area (Å²) in [5, 5.41) is 5.10. The summed E-state index contributed by atoms with van der Waals surface area (Å²) in [7, 11) is 0. The molecule has 0 spiro atoms. The van der Waals surface area contributed by atoms with Crippen molar-refractivity contribution in [3.8, 4) is 11.5 Å². The van der Waals surface area contributed by atoms with E-state index in [1.807, 2.05) is 60.3 Å². The molecule has 2 heterocycles. The number of aromatic nitrogens is 1. The lowest BCUT2D eigenvalue weighted by atomic mass is 10.1. The predicted molar refractivity (Wildman–Crippen MR) is 107 cm³/mol. The Labute approximate surface area is 165 Å². The summed E-state index contributed by atoms with van der Waals surface area (Å²) < 4.78 is 10.8. The third-order valence-electron chi connectivity index (χ3n) is 4.23. The highest BCUT2D eigenvalue weighted by Gasteiger charge is 2.18. The monoisotopic (exact) mass is 398 g/mol. The van der Waals surface area contributed by atoms with E-state index in [1.54, 1.807) is 23.1 Å². The fraction of sp³-hybridized carbons (Fsp3) is 0.200. The Hall–Kier alpha value is -2.51. The quantitative estimate of drug-likeness (QED) is 0.612. The van der Waals surface area contributed by atoms with Crippen molar-refractivity contribution < 1.29 is 14.3 Å². The zero-order valence-corrected chi connectivity index (χ0v) is 16.3. The van der Waals surface area contributed by atoms with Crippen molar-refractivity contribution in [2.75, 3.05) is 6.79 Å². The Morgan fingerprint density at radius 1 is 1.26 bits per heavy atom. The van der Waals surface area contributed by atoms with Gasteiger partial charge in [-0.3, -0.25) is 4.79 Å². The van der Waals surface area contributed by atoms with Crippen molar-refractivity contribution >= 4 is 29.0 Å². The molecule has 1 aliphatic rings. The second-order valence-electron chi connectivity index (χ2n) is 6.07. The van der Waals surface area contributed by atoms with Gasteiger partial charge in [0, 0.05) is 16.0 Å². The van der Waals surface area contributed by atoms with Crippen LogP contribution < -0.4 is 14.8 Å². The number of fused-ring (bicyclic) bond motifs is 1. The number of rotatable bonds is 6. The van der Waals surface area contributed by atoms with E-state index < -0.39 is 0 Å². The molecular formula is C20H18N2O3S2. The maximum atomic E-state index is 12.9. The molecule has 1 N–H and O–H groups in total. The first-order chi connectivity index (χ1) is 13.2. The molecule has 4 rings (SSSR count). The van der Waals surface area contributed by atoms with Crippen LogP contribution in [0.1, 0.15) is 34.6 Å². The van der Waals surface area contributed by atoms with E-state index in [2.05, 4.69) is 10.3 Å². The first-order valence-electron chi connectivity index (χ1n) is 8.50. The summed E-state index contributed by atoms with van der Waals surface area (Å²) in [5.41, 5.74) is 4.49. The average Bonchev–Trinajstić information content (AvgIpc) is 3.37. The van der Waals surface area contributed by atoms with Gasteiger partial charge in [0.2, 0.25) is 6.79 Å². The van der Waals surface area contributed by atoms with E-state index in [1.165, 1.54) is 0 Å². The van der Waals surface area contributed by atoms with Gasteiger partial charge in [0.05, 0.1) is 22.8 Å². The molecule has 3 aromatic rings. The van der Waals surface area contributed by atoms with Gasteiger partial charge in [-0.25, -0.2) is 4.98 Å². The molecule has 0 saturated heterocycles. The van der Waals surface area contributed by atoms with Gasteiger partial charge in [-0.15, -0.1) is 23.1 Å². The number of carbonyl (C=O) groups is 1. The number of amides is 1. The van der Waals surface area contributed by atoms with E-state index in [-0.39, 0.29) is 18.7 Å². The van der Waals surface area contributed by atoms with Crippen molar-refractivity contribution in [3.63, 3.8) is 0 Å². The minimum absolute atomic E-state index is 0.0958. The molecular weight excluding hydrogens is 380 g/mol. The predicted octanol–water partition coefficient (Wildman–Crippen LogP) is 4.66. The normalized spacial score (nSPS) is 13.4. The molecule has 1 aromatic heterocycles. The maximum absolute atomic E-state index is 12.9. The Kier molecular flexibility index (Phi) is 5.31. The molecule has 27 heavy (non-hydrogen) atoms. The van der Waals surface area contributed by atoms with Crippen molar-refractivity contribution in [1.82, 2.24) is 10.3 Å². The molecule has 138 valence electrons. The summed E-state index contributed by atoms with van der Waals surface area (Å²) in [6.45, 7) is 2.20. The second kappa shape index (κ2) is 8.02. The third-order valence-corrected chi connectivity index (χ3v) is 5.98. The molecule has 5 nitrogen and oxygen atoms in total. The van der Waals surface area contributed by atoms with Crippen LogP contribution in [0.3, 0.4) is 0 Å². The number of hydrogen-bond donors (Lipinski definition) is 1. The lowest BCUT2D eigenvalue weighted by Crippen LogP contribution is -2.27. The molecule has 0 radical (unpaired) electrons. The Bertz CT molecular complexity index is 944. The SMILES string of the molecule is CC(NC(=O)c1ccccc1SCc1cscn1)c1ccc2c(c1)OCO2. The fourth-order valence-electron chi connectivity index (χ4n) is 2.78. The minimum atomic E-state index is -0.149. The molecule has 0 aliphatic carbocycles. The number of carbonyl (C=O) groups excluding carboxylic acids is 1. The number of nitrogens with zero attached hydrogens (tertiary/aromatic N) is 1. The van der Waals surface area contributed by atoms with Crippen molar-refractivity contribution in [2.45, 2.75) is 23.6 Å². The number of thiazole rings is 1. The molecule has 7 heteroatoms. The fourth-order valence-corrected chi connectivity index (χ4v) is 4.40. The Morgan fingerprint density at radius 2 is 2.11 bits per heavy atom. The van der Waals surface area contributed by atoms with Gasteiger partial charge in [-0.05, 0) is 36.8 Å². The van der Waals surface area contributed by atoms with Gasteiger partial charge < -0.3 is 14.8 Å². The zero-order chi connectivity index (χ0) is 18.6. The summed E-state index contributed by atoms with van der Waals surface area (Å²) in [5.74, 6) is 2.10. The van der Waals surface area contributed by atoms with Gasteiger partial charge in [0.1, 0.15) is 0 Å². The highest BCUT2D eigenvalue weighted by atomic mass is 32.2. The Morgan fingerprint density at radius 3 is 2.96 bits per heavy atom. The summed E-state index contributed by atoms with van der Waals surface area (Å²) in [6.07, 6.45) is 0. The largest absolute Gasteiger partial charge is 0.454 e. The van der Waals surface area contributed by atoms with Gasteiger partial charge in [-0.1, -0.05) is 18.2 Å². The van der Waals surface area contributed by atoms with Crippen molar-refractivity contribution in [1.29, 1.82) is 0 Å². The molecule has 2 aromatic carbocycles. The van der Waals surface area contributed by atoms with Crippen molar-refractivity contribution in [2.24, 2.45) is 0 Å². The number of benzene rings is 2. The zero-order valence-electron chi connectivity index (χ0n) is 14.7. The van der Waals surface area contributed by atoms with E-state index in [0.29, 0.717) is 11.3 Å². The van der Waals surface area contributed by atoms with Crippen molar-refractivity contribution in [3.05, 3.63) is 70.2 Å². The summed E-state index contributed by atoms with van der Waals surface area (Å²) in [4.78, 5) is 18.1. The van der Waals surface area contributed by atoms with Crippen LogP contribution in [0.15, 0.2) is 58.3 Å². The number of nitrogens with one attached hydrogen (secondary N) is 1. The van der Waals surface area contributed by atoms with Crippen LogP contribution in [-0.4, -0.2) is 17.7 Å². The van der Waals surface area contributed by atoms with E-state index in [9.17, 15) is 4.79 Å². The topological polar surface area (TPSA) is 60.5 Å². The molecule has 1 aliphatic heterocycles. The van der Waals surface area contributed by atoms with Crippen LogP contribution in [-0.2, 0) is 5.75 Å². The third kappa shape index (κ3) is 4.09. The molecule has 0 fully saturated rings. The number of ether oxygens (including phenoxy) is 2. The van der Waals surface area contributed by atoms with Crippen LogP contribution in [0, 0.1) is 0 Å². The van der Waals surface area contributed by atoms with Crippen LogP contribution in [0.4, 0.5) is 0 Å². The molecule has 0 bridgehead atoms. The minimum Gasteiger partial charge on any atom is -0.454 e. The number of hydrogen-bond acceptors (Lipinski definition) is 6. The molecule has 0 saturated carbocycles. The van der Waals surface area contributed by atoms with E-state index in [4.69, 9.17) is 9.47 Å². The first-order valence-corrected chi connectivity index (χ1v) is 10.4. The smallest absolute Gasteiger partial charge is 0.252 e. The summed E-state index contributed by atoms with van der Waals surface area (Å²) >= 11 is 3.20. The lowest BCUT2D eigenvalue weighted by molar-refractivity contribution is 0.0937. The highest BCUT2D eigenvalue weighted by molar-refractivity contribution is 7.98. The standard InChI is InChI=1S/C20H18N2O3S2/c1-13(14-6-7-17-18(8-14)25-12-24-17)22-20(23)16-4-2-3-5-19(16)27-10-15-9-26-11-21-15/h2-9,11,13H,10,12H2,1H3,(H,22,23). The van der Waals surface area contributed by atoms with Gasteiger partial charge in [0.15, 0.2) is 11.5 Å². The number of thioether (sulfide) groups is 1. The van der Waals surface area contributed by atoms with Crippen LogP contribution in [0.25, 0.3) is 0 Å². The highest BCUT2D eigenvalue weighted by Crippen LogP contribution is 2.34. The van der Waals surface area contributed by atoms with Gasteiger partial charge in [-0.2, -0.15) is 0 Å². The van der Waals surface area contributed by atoms with Gasteiger partial charge in [0.25, 0.3) is 5.91 Å². The van der Waals surface area contributed by atoms with Gasteiger partial charge >= 0.3 is 0 Å². The second-order valence-corrected chi connectivity index (χ2v) is 7.81. The summed E-state index contributed by atoms with van der Waals surface area (Å²) in [6, 6.07) is 13.2. The molecule has 1 unspecified atom stereocenters. The lowest BCUT2D eigenvalue weighted by Gasteiger charge is -2.16. The van der Waals surface area contributed by atoms with E-state index >= 15 is 0 Å². The first kappa shape index (κ1) is 17.9. The van der Waals surface area contributed by atoms with E-state index in [0.717, 1.165) is 27.7 Å². The Balaban J connectivity index is 1.46. The maximum Gasteiger partial charge on any atom is 0.252 e.